The Bertz CT molecular complexity index is 401. The van der Waals surface area contributed by atoms with Crippen molar-refractivity contribution in [1.82, 2.24) is 10.0 Å². The van der Waals surface area contributed by atoms with Crippen molar-refractivity contribution in [2.75, 3.05) is 26.7 Å². The van der Waals surface area contributed by atoms with Crippen LogP contribution in [0.3, 0.4) is 0 Å². The molecule has 4 nitrogen and oxygen atoms in total. The first-order valence-electron chi connectivity index (χ1n) is 6.32. The van der Waals surface area contributed by atoms with Crippen LogP contribution >= 0.6 is 11.6 Å². The smallest absolute Gasteiger partial charge is 0.209 e. The molecule has 0 saturated carbocycles. The molecule has 2 rings (SSSR count). The second-order valence-electron chi connectivity index (χ2n) is 5.13. The molecule has 2 heterocycles. The molecule has 2 aliphatic rings. The molecule has 106 valence electrons. The van der Waals surface area contributed by atoms with Gasteiger partial charge in [-0.25, -0.2) is 5.12 Å². The van der Waals surface area contributed by atoms with E-state index in [0.29, 0.717) is 16.8 Å². The monoisotopic (exact) mass is 288 g/mol. The van der Waals surface area contributed by atoms with E-state index in [1.165, 1.54) is 13.2 Å². The minimum absolute atomic E-state index is 0.163. The molecule has 2 saturated heterocycles. The number of nitrogens with zero attached hydrogens (tertiary/aromatic N) is 2. The van der Waals surface area contributed by atoms with Gasteiger partial charge < -0.3 is 9.64 Å². The van der Waals surface area contributed by atoms with Gasteiger partial charge in [0.25, 0.3) is 0 Å². The fourth-order valence-electron chi connectivity index (χ4n) is 2.61. The van der Waals surface area contributed by atoms with E-state index >= 15 is 0 Å². The molecule has 2 fully saturated rings. The summed E-state index contributed by atoms with van der Waals surface area (Å²) in [6.45, 7) is 1.99. The summed E-state index contributed by atoms with van der Waals surface area (Å²) in [6.07, 6.45) is 6.35. The number of carbonyl (C=O) groups is 1. The molecule has 1 amide bonds. The van der Waals surface area contributed by atoms with Crippen molar-refractivity contribution in [3.8, 4) is 0 Å². The van der Waals surface area contributed by atoms with Gasteiger partial charge in [-0.1, -0.05) is 11.6 Å². The highest BCUT2D eigenvalue weighted by atomic mass is 35.5. The molecule has 2 aliphatic heterocycles. The Kier molecular flexibility index (Phi) is 4.47. The average molecular weight is 289 g/mol. The van der Waals surface area contributed by atoms with Crippen molar-refractivity contribution >= 4 is 18.0 Å². The van der Waals surface area contributed by atoms with E-state index in [9.17, 15) is 9.28 Å². The summed E-state index contributed by atoms with van der Waals surface area (Å²) >= 11 is 5.92. The third kappa shape index (κ3) is 3.70. The van der Waals surface area contributed by atoms with Crippen LogP contribution < -0.4 is 0 Å². The predicted octanol–water partition coefficient (Wildman–Crippen LogP) is 2.22. The number of carbonyl (C=O) groups excluding carboxylic acids is 1. The standard InChI is InChI=1S/C13H18ClFN2O2/c1-16(15)8-12(14)6-11-7-13(19-9-11)2-4-17(10-18)5-3-13/h6,8,10H,2-5,7,9H2,1H3/b11-6+,12-8-. The summed E-state index contributed by atoms with van der Waals surface area (Å²) < 4.78 is 18.5. The minimum Gasteiger partial charge on any atom is -0.370 e. The van der Waals surface area contributed by atoms with Crippen LogP contribution in [-0.4, -0.2) is 48.8 Å². The van der Waals surface area contributed by atoms with E-state index in [1.807, 2.05) is 0 Å². The first-order valence-corrected chi connectivity index (χ1v) is 6.69. The highest BCUT2D eigenvalue weighted by Crippen LogP contribution is 2.38. The predicted molar refractivity (Wildman–Crippen MR) is 71.1 cm³/mol. The third-order valence-corrected chi connectivity index (χ3v) is 3.82. The molecule has 0 bridgehead atoms. The van der Waals surface area contributed by atoms with Gasteiger partial charge in [0.05, 0.1) is 23.4 Å². The Morgan fingerprint density at radius 3 is 2.79 bits per heavy atom. The Balaban J connectivity index is 1.96. The summed E-state index contributed by atoms with van der Waals surface area (Å²) in [4.78, 5) is 12.4. The van der Waals surface area contributed by atoms with E-state index in [2.05, 4.69) is 0 Å². The largest absolute Gasteiger partial charge is 0.370 e. The number of hydrogen-bond acceptors (Lipinski definition) is 3. The maximum absolute atomic E-state index is 12.6. The van der Waals surface area contributed by atoms with E-state index in [4.69, 9.17) is 16.3 Å². The second-order valence-corrected chi connectivity index (χ2v) is 5.57. The molecular formula is C13H18ClFN2O2. The lowest BCUT2D eigenvalue weighted by Gasteiger charge is -2.36. The number of hydrogen-bond donors (Lipinski definition) is 0. The van der Waals surface area contributed by atoms with Crippen LogP contribution in [-0.2, 0) is 9.53 Å². The van der Waals surface area contributed by atoms with Gasteiger partial charge in [-0.15, -0.1) is 4.48 Å². The van der Waals surface area contributed by atoms with Gasteiger partial charge in [-0.05, 0) is 24.5 Å². The molecule has 0 aromatic carbocycles. The van der Waals surface area contributed by atoms with Gasteiger partial charge in [0.2, 0.25) is 6.41 Å². The van der Waals surface area contributed by atoms with E-state index in [0.717, 1.165) is 44.3 Å². The van der Waals surface area contributed by atoms with Crippen molar-refractivity contribution in [3.63, 3.8) is 0 Å². The number of halogens is 2. The fourth-order valence-corrected chi connectivity index (χ4v) is 2.90. The van der Waals surface area contributed by atoms with Crippen molar-refractivity contribution in [2.24, 2.45) is 0 Å². The van der Waals surface area contributed by atoms with E-state index in [-0.39, 0.29) is 5.60 Å². The molecule has 0 aromatic heterocycles. The van der Waals surface area contributed by atoms with Crippen LogP contribution in [0.4, 0.5) is 4.48 Å². The molecule has 1 spiro atoms. The third-order valence-electron chi connectivity index (χ3n) is 3.61. The molecule has 0 aliphatic carbocycles. The number of rotatable bonds is 3. The van der Waals surface area contributed by atoms with Gasteiger partial charge >= 0.3 is 0 Å². The average Bonchev–Trinajstić information content (AvgIpc) is 2.72. The summed E-state index contributed by atoms with van der Waals surface area (Å²) in [5, 5.41) is 0.777. The van der Waals surface area contributed by atoms with Crippen molar-refractivity contribution < 1.29 is 14.0 Å². The molecular weight excluding hydrogens is 271 g/mol. The van der Waals surface area contributed by atoms with Crippen LogP contribution in [0.1, 0.15) is 19.3 Å². The molecule has 19 heavy (non-hydrogen) atoms. The molecule has 0 aromatic rings. The quantitative estimate of drug-likeness (QED) is 0.590. The Hall–Kier alpha value is -1.07. The summed E-state index contributed by atoms with van der Waals surface area (Å²) in [7, 11) is 1.28. The first-order chi connectivity index (χ1) is 9.03. The van der Waals surface area contributed by atoms with Gasteiger partial charge in [-0.3, -0.25) is 4.79 Å². The molecule has 0 unspecified atom stereocenters. The number of piperidine rings is 1. The van der Waals surface area contributed by atoms with Gasteiger partial charge in [0, 0.05) is 26.6 Å². The Morgan fingerprint density at radius 2 is 2.21 bits per heavy atom. The molecule has 0 N–H and O–H groups in total. The molecule has 0 atom stereocenters. The van der Waals surface area contributed by atoms with Crippen LogP contribution in [0.2, 0.25) is 0 Å². The zero-order valence-corrected chi connectivity index (χ0v) is 11.7. The van der Waals surface area contributed by atoms with Crippen molar-refractivity contribution in [3.05, 3.63) is 22.9 Å². The lowest BCUT2D eigenvalue weighted by molar-refractivity contribution is -0.122. The maximum atomic E-state index is 12.6. The Labute approximate surface area is 117 Å². The SMILES string of the molecule is CN(F)/C=C(Cl)/C=C1/COC2(CCN(C=O)CC2)C1. The second kappa shape index (κ2) is 5.92. The highest BCUT2D eigenvalue weighted by molar-refractivity contribution is 6.31. The van der Waals surface area contributed by atoms with E-state index < -0.39 is 0 Å². The normalized spacial score (nSPS) is 25.1. The van der Waals surface area contributed by atoms with Crippen molar-refractivity contribution in [1.29, 1.82) is 0 Å². The van der Waals surface area contributed by atoms with Crippen LogP contribution in [0.15, 0.2) is 22.9 Å². The highest BCUT2D eigenvalue weighted by Gasteiger charge is 2.40. The minimum atomic E-state index is -0.163. The van der Waals surface area contributed by atoms with Crippen LogP contribution in [0.5, 0.6) is 0 Å². The number of ether oxygens (including phenoxy) is 1. The Morgan fingerprint density at radius 1 is 1.53 bits per heavy atom. The zero-order valence-electron chi connectivity index (χ0n) is 10.9. The van der Waals surface area contributed by atoms with Crippen LogP contribution in [0, 0.1) is 0 Å². The summed E-state index contributed by atoms with van der Waals surface area (Å²) in [6, 6.07) is 0. The fraction of sp³-hybridized carbons (Fsp3) is 0.615. The topological polar surface area (TPSA) is 32.8 Å². The van der Waals surface area contributed by atoms with Crippen LogP contribution in [0.25, 0.3) is 0 Å². The first kappa shape index (κ1) is 14.3. The maximum Gasteiger partial charge on any atom is 0.209 e. The lowest BCUT2D eigenvalue weighted by Crippen LogP contribution is -2.43. The number of allylic oxidation sites excluding steroid dienone is 2. The summed E-state index contributed by atoms with van der Waals surface area (Å²) in [5.41, 5.74) is 0.909. The lowest BCUT2D eigenvalue weighted by atomic mass is 9.87. The molecule has 0 radical (unpaired) electrons. The number of amides is 1. The van der Waals surface area contributed by atoms with Gasteiger partial charge in [0.1, 0.15) is 0 Å². The van der Waals surface area contributed by atoms with Crippen molar-refractivity contribution in [2.45, 2.75) is 24.9 Å². The molecule has 6 heteroatoms. The van der Waals surface area contributed by atoms with E-state index in [1.54, 1.807) is 11.0 Å². The summed E-state index contributed by atoms with van der Waals surface area (Å²) in [5.74, 6) is 0. The van der Waals surface area contributed by atoms with Gasteiger partial charge in [0.15, 0.2) is 0 Å². The number of likely N-dealkylation sites (tertiary alicyclic amines) is 1. The zero-order chi connectivity index (χ0) is 13.9. The van der Waals surface area contributed by atoms with Gasteiger partial charge in [-0.2, -0.15) is 0 Å².